The van der Waals surface area contributed by atoms with E-state index in [1.807, 2.05) is 55.5 Å². The average molecular weight is 272 g/mol. The van der Waals surface area contributed by atoms with Gasteiger partial charge in [-0.2, -0.15) is 0 Å². The number of thioether (sulfide) groups is 1. The van der Waals surface area contributed by atoms with Crippen LogP contribution in [0, 0.1) is 6.92 Å². The molecule has 0 bridgehead atoms. The zero-order valence-electron chi connectivity index (χ0n) is 10.7. The molecule has 3 N–H and O–H groups in total. The van der Waals surface area contributed by atoms with Crippen molar-refractivity contribution in [2.75, 3.05) is 16.8 Å². The van der Waals surface area contributed by atoms with Gasteiger partial charge in [0.1, 0.15) is 0 Å². The highest BCUT2D eigenvalue weighted by atomic mass is 32.2. The normalized spacial score (nSPS) is 10.2. The maximum absolute atomic E-state index is 11.8. The molecular formula is C15H16N2OS. The third-order valence-corrected chi connectivity index (χ3v) is 3.67. The Morgan fingerprint density at radius 3 is 2.63 bits per heavy atom. The highest BCUT2D eigenvalue weighted by molar-refractivity contribution is 8.00. The van der Waals surface area contributed by atoms with Crippen LogP contribution in [-0.2, 0) is 4.79 Å². The van der Waals surface area contributed by atoms with Gasteiger partial charge in [0.25, 0.3) is 0 Å². The average Bonchev–Trinajstić information content (AvgIpc) is 2.39. The van der Waals surface area contributed by atoms with Crippen molar-refractivity contribution in [3.8, 4) is 0 Å². The number of aryl methyl sites for hydroxylation is 1. The number of hydrogen-bond donors (Lipinski definition) is 2. The summed E-state index contributed by atoms with van der Waals surface area (Å²) in [6, 6.07) is 15.3. The minimum Gasteiger partial charge on any atom is -0.398 e. The second kappa shape index (κ2) is 6.29. The Kier molecular flexibility index (Phi) is 4.47. The number of carbonyl (C=O) groups excluding carboxylic acids is 1. The van der Waals surface area contributed by atoms with Crippen LogP contribution in [0.4, 0.5) is 11.4 Å². The Balaban J connectivity index is 1.90. The van der Waals surface area contributed by atoms with Gasteiger partial charge in [0.05, 0.1) is 5.75 Å². The smallest absolute Gasteiger partial charge is 0.234 e. The van der Waals surface area contributed by atoms with E-state index in [1.54, 1.807) is 0 Å². The first kappa shape index (κ1) is 13.5. The Morgan fingerprint density at radius 2 is 1.95 bits per heavy atom. The van der Waals surface area contributed by atoms with Gasteiger partial charge in [-0.1, -0.05) is 24.3 Å². The van der Waals surface area contributed by atoms with Crippen LogP contribution >= 0.6 is 11.8 Å². The number of amides is 1. The molecule has 0 aliphatic carbocycles. The van der Waals surface area contributed by atoms with Gasteiger partial charge in [-0.15, -0.1) is 11.8 Å². The van der Waals surface area contributed by atoms with Gasteiger partial charge in [-0.05, 0) is 36.8 Å². The molecule has 0 aliphatic heterocycles. The van der Waals surface area contributed by atoms with Crippen molar-refractivity contribution in [2.45, 2.75) is 11.8 Å². The number of rotatable bonds is 4. The lowest BCUT2D eigenvalue weighted by atomic mass is 10.2. The summed E-state index contributed by atoms with van der Waals surface area (Å²) in [5.74, 6) is 0.318. The molecule has 0 heterocycles. The number of hydrogen-bond acceptors (Lipinski definition) is 3. The van der Waals surface area contributed by atoms with Crippen LogP contribution in [0.2, 0.25) is 0 Å². The first-order valence-electron chi connectivity index (χ1n) is 5.99. The van der Waals surface area contributed by atoms with E-state index in [-0.39, 0.29) is 5.91 Å². The molecule has 19 heavy (non-hydrogen) atoms. The number of nitrogen functional groups attached to an aromatic ring is 1. The van der Waals surface area contributed by atoms with E-state index in [4.69, 9.17) is 5.73 Å². The van der Waals surface area contributed by atoms with Crippen LogP contribution in [0.1, 0.15) is 5.56 Å². The first-order chi connectivity index (χ1) is 9.15. The molecule has 98 valence electrons. The molecule has 0 fully saturated rings. The molecule has 2 aromatic carbocycles. The molecule has 0 saturated carbocycles. The van der Waals surface area contributed by atoms with Crippen LogP contribution in [0.5, 0.6) is 0 Å². The summed E-state index contributed by atoms with van der Waals surface area (Å²) in [7, 11) is 0. The summed E-state index contributed by atoms with van der Waals surface area (Å²) >= 11 is 1.45. The van der Waals surface area contributed by atoms with Crippen molar-refractivity contribution in [1.82, 2.24) is 0 Å². The van der Waals surface area contributed by atoms with Crippen molar-refractivity contribution in [2.24, 2.45) is 0 Å². The van der Waals surface area contributed by atoms with Gasteiger partial charge in [-0.3, -0.25) is 4.79 Å². The fourth-order valence-electron chi connectivity index (χ4n) is 1.66. The lowest BCUT2D eigenvalue weighted by molar-refractivity contribution is -0.113. The van der Waals surface area contributed by atoms with Crippen LogP contribution in [0.25, 0.3) is 0 Å². The maximum Gasteiger partial charge on any atom is 0.234 e. The van der Waals surface area contributed by atoms with Gasteiger partial charge >= 0.3 is 0 Å². The minimum absolute atomic E-state index is 0.0313. The van der Waals surface area contributed by atoms with Crippen molar-refractivity contribution < 1.29 is 4.79 Å². The van der Waals surface area contributed by atoms with Crippen LogP contribution < -0.4 is 11.1 Å². The van der Waals surface area contributed by atoms with E-state index >= 15 is 0 Å². The molecule has 0 radical (unpaired) electrons. The second-order valence-corrected chi connectivity index (χ2v) is 5.26. The molecule has 0 atom stereocenters. The molecule has 0 aliphatic rings. The largest absolute Gasteiger partial charge is 0.398 e. The van der Waals surface area contributed by atoms with E-state index in [9.17, 15) is 4.79 Å². The summed E-state index contributed by atoms with van der Waals surface area (Å²) in [5.41, 5.74) is 8.56. The molecule has 1 amide bonds. The zero-order valence-corrected chi connectivity index (χ0v) is 11.5. The fraction of sp³-hybridized carbons (Fsp3) is 0.133. The predicted molar refractivity (Wildman–Crippen MR) is 81.4 cm³/mol. The number of nitrogens with two attached hydrogens (primary N) is 1. The van der Waals surface area contributed by atoms with Crippen molar-refractivity contribution in [1.29, 1.82) is 0 Å². The number of carbonyl (C=O) groups is 1. The van der Waals surface area contributed by atoms with E-state index in [1.165, 1.54) is 11.8 Å². The molecule has 2 rings (SSSR count). The highest BCUT2D eigenvalue weighted by Gasteiger charge is 2.05. The molecule has 0 saturated heterocycles. The second-order valence-electron chi connectivity index (χ2n) is 4.24. The maximum atomic E-state index is 11.8. The minimum atomic E-state index is -0.0313. The lowest BCUT2D eigenvalue weighted by Crippen LogP contribution is -2.13. The molecule has 0 unspecified atom stereocenters. The van der Waals surface area contributed by atoms with Gasteiger partial charge in [-0.25, -0.2) is 0 Å². The summed E-state index contributed by atoms with van der Waals surface area (Å²) in [6.45, 7) is 1.99. The molecule has 0 aromatic heterocycles. The van der Waals surface area contributed by atoms with Gasteiger partial charge in [0, 0.05) is 16.3 Å². The quantitative estimate of drug-likeness (QED) is 0.663. The van der Waals surface area contributed by atoms with Gasteiger partial charge in [0.2, 0.25) is 5.91 Å². The van der Waals surface area contributed by atoms with Crippen LogP contribution in [0.3, 0.4) is 0 Å². The molecule has 0 spiro atoms. The van der Waals surface area contributed by atoms with Crippen molar-refractivity contribution in [3.63, 3.8) is 0 Å². The fourth-order valence-corrected chi connectivity index (χ4v) is 2.41. The SMILES string of the molecule is Cc1ccc(SCC(=O)Nc2ccccc2)c(N)c1. The van der Waals surface area contributed by atoms with Crippen LogP contribution in [-0.4, -0.2) is 11.7 Å². The number of nitrogens with one attached hydrogen (secondary N) is 1. The molecule has 2 aromatic rings. The summed E-state index contributed by atoms with van der Waals surface area (Å²) < 4.78 is 0. The van der Waals surface area contributed by atoms with E-state index in [2.05, 4.69) is 5.32 Å². The Labute approximate surface area is 117 Å². The summed E-state index contributed by atoms with van der Waals surface area (Å²) in [4.78, 5) is 12.7. The van der Waals surface area contributed by atoms with Gasteiger partial charge < -0.3 is 11.1 Å². The predicted octanol–water partition coefficient (Wildman–Crippen LogP) is 3.31. The third-order valence-electron chi connectivity index (χ3n) is 2.58. The van der Waals surface area contributed by atoms with E-state index in [0.717, 1.165) is 21.8 Å². The Hall–Kier alpha value is -1.94. The molecular weight excluding hydrogens is 256 g/mol. The van der Waals surface area contributed by atoms with E-state index < -0.39 is 0 Å². The number of benzene rings is 2. The van der Waals surface area contributed by atoms with Crippen LogP contribution in [0.15, 0.2) is 53.4 Å². The van der Waals surface area contributed by atoms with E-state index in [0.29, 0.717) is 5.75 Å². The Bertz CT molecular complexity index is 570. The third kappa shape index (κ3) is 4.03. The molecule has 3 nitrogen and oxygen atoms in total. The number of para-hydroxylation sites is 1. The number of anilines is 2. The Morgan fingerprint density at radius 1 is 1.21 bits per heavy atom. The monoisotopic (exact) mass is 272 g/mol. The van der Waals surface area contributed by atoms with Gasteiger partial charge in [0.15, 0.2) is 0 Å². The first-order valence-corrected chi connectivity index (χ1v) is 6.97. The molecule has 4 heteroatoms. The van der Waals surface area contributed by atoms with Crippen molar-refractivity contribution >= 4 is 29.0 Å². The zero-order chi connectivity index (χ0) is 13.7. The summed E-state index contributed by atoms with van der Waals surface area (Å²) in [5, 5.41) is 2.84. The standard InChI is InChI=1S/C15H16N2OS/c1-11-7-8-14(13(16)9-11)19-10-15(18)17-12-5-3-2-4-6-12/h2-9H,10,16H2,1H3,(H,17,18). The lowest BCUT2D eigenvalue weighted by Gasteiger charge is -2.07. The summed E-state index contributed by atoms with van der Waals surface area (Å²) in [6.07, 6.45) is 0. The topological polar surface area (TPSA) is 55.1 Å². The van der Waals surface area contributed by atoms with Crippen molar-refractivity contribution in [3.05, 3.63) is 54.1 Å². The highest BCUT2D eigenvalue weighted by Crippen LogP contribution is 2.25.